The van der Waals surface area contributed by atoms with Crippen LogP contribution in [0.25, 0.3) is 0 Å². The van der Waals surface area contributed by atoms with Gasteiger partial charge in [0.15, 0.2) is 0 Å². The molecule has 0 unspecified atom stereocenters. The van der Waals surface area contributed by atoms with Gasteiger partial charge in [-0.05, 0) is 66.4 Å². The summed E-state index contributed by atoms with van der Waals surface area (Å²) in [6.07, 6.45) is 0.295. The number of nitrogens with one attached hydrogen (secondary N) is 1. The monoisotopic (exact) mass is 503 g/mol. The van der Waals surface area contributed by atoms with Crippen LogP contribution < -0.4 is 10.5 Å². The molecule has 4 rings (SSSR count). The molecule has 0 spiro atoms. The fourth-order valence-corrected chi connectivity index (χ4v) is 5.33. The zero-order valence-corrected chi connectivity index (χ0v) is 20.2. The lowest BCUT2D eigenvalue weighted by atomic mass is 10.1. The minimum atomic E-state index is -3.71. The van der Waals surface area contributed by atoms with Crippen molar-refractivity contribution in [2.24, 2.45) is 5.73 Å². The number of hydrogen-bond donors (Lipinski definition) is 2. The number of fused-ring (bicyclic) bond motifs is 1. The zero-order chi connectivity index (χ0) is 23.8. The Bertz CT molecular complexity index is 1310. The summed E-state index contributed by atoms with van der Waals surface area (Å²) in [5, 5.41) is 0.994. The molecule has 0 aliphatic carbocycles. The van der Waals surface area contributed by atoms with Gasteiger partial charge in [0.1, 0.15) is 0 Å². The lowest BCUT2D eigenvalue weighted by Gasteiger charge is -2.20. The summed E-state index contributed by atoms with van der Waals surface area (Å²) in [6.45, 7) is 2.67. The van der Waals surface area contributed by atoms with E-state index >= 15 is 0 Å². The molecule has 9 heteroatoms. The molecule has 0 saturated heterocycles. The predicted molar refractivity (Wildman–Crippen MR) is 131 cm³/mol. The number of nitrogens with two attached hydrogens (primary N) is 1. The van der Waals surface area contributed by atoms with Gasteiger partial charge < -0.3 is 10.6 Å². The Morgan fingerprint density at radius 1 is 1.03 bits per heavy atom. The third-order valence-corrected chi connectivity index (χ3v) is 7.58. The SMILES string of the molecule is Cc1ccc(S(=O)(=O)Nc2ccc3c(c2)CN(C(=O)[C@H](N)Cc2ccc(Cl)cc2Cl)C3)cc1. The highest BCUT2D eigenvalue weighted by molar-refractivity contribution is 7.92. The van der Waals surface area contributed by atoms with Gasteiger partial charge in [-0.2, -0.15) is 0 Å². The Morgan fingerprint density at radius 3 is 2.42 bits per heavy atom. The number of halogens is 2. The van der Waals surface area contributed by atoms with E-state index in [9.17, 15) is 13.2 Å². The summed E-state index contributed by atoms with van der Waals surface area (Å²) in [4.78, 5) is 14.8. The summed E-state index contributed by atoms with van der Waals surface area (Å²) in [6, 6.07) is 16.3. The second-order valence-electron chi connectivity index (χ2n) is 8.14. The number of rotatable bonds is 6. The molecule has 0 fully saturated rings. The van der Waals surface area contributed by atoms with E-state index in [1.165, 1.54) is 0 Å². The molecule has 1 atom stereocenters. The van der Waals surface area contributed by atoms with Crippen LogP contribution in [0, 0.1) is 6.92 Å². The van der Waals surface area contributed by atoms with Gasteiger partial charge in [0.2, 0.25) is 5.91 Å². The van der Waals surface area contributed by atoms with Crippen molar-refractivity contribution in [3.8, 4) is 0 Å². The topological polar surface area (TPSA) is 92.5 Å². The van der Waals surface area contributed by atoms with Crippen LogP contribution in [0.2, 0.25) is 10.0 Å². The molecule has 3 aromatic rings. The lowest BCUT2D eigenvalue weighted by molar-refractivity contribution is -0.133. The van der Waals surface area contributed by atoms with Crippen LogP contribution >= 0.6 is 23.2 Å². The first kappa shape index (κ1) is 23.6. The fraction of sp³-hybridized carbons (Fsp3) is 0.208. The number of benzene rings is 3. The van der Waals surface area contributed by atoms with Gasteiger partial charge in [-0.3, -0.25) is 9.52 Å². The van der Waals surface area contributed by atoms with Crippen molar-refractivity contribution in [3.05, 3.63) is 93.0 Å². The van der Waals surface area contributed by atoms with Crippen LogP contribution in [0.4, 0.5) is 5.69 Å². The molecular weight excluding hydrogens is 481 g/mol. The smallest absolute Gasteiger partial charge is 0.261 e. The molecule has 0 saturated carbocycles. The predicted octanol–water partition coefficient (Wildman–Crippen LogP) is 4.51. The van der Waals surface area contributed by atoms with Crippen LogP contribution in [0.15, 0.2) is 65.6 Å². The van der Waals surface area contributed by atoms with Gasteiger partial charge in [0.05, 0.1) is 10.9 Å². The van der Waals surface area contributed by atoms with Crippen LogP contribution in [0.5, 0.6) is 0 Å². The largest absolute Gasteiger partial charge is 0.333 e. The Balaban J connectivity index is 1.44. The number of aryl methyl sites for hydroxylation is 1. The molecule has 1 aliphatic rings. The van der Waals surface area contributed by atoms with Crippen LogP contribution in [0.1, 0.15) is 22.3 Å². The summed E-state index contributed by atoms with van der Waals surface area (Å²) in [5.41, 5.74) is 10.2. The maximum atomic E-state index is 12.9. The maximum absolute atomic E-state index is 12.9. The number of anilines is 1. The van der Waals surface area contributed by atoms with E-state index in [2.05, 4.69) is 4.72 Å². The van der Waals surface area contributed by atoms with Gasteiger partial charge >= 0.3 is 0 Å². The number of nitrogens with zero attached hydrogens (tertiary/aromatic N) is 1. The third-order valence-electron chi connectivity index (χ3n) is 5.60. The highest BCUT2D eigenvalue weighted by atomic mass is 35.5. The molecule has 0 bridgehead atoms. The molecule has 172 valence electrons. The summed E-state index contributed by atoms with van der Waals surface area (Å²) in [5.74, 6) is -0.195. The van der Waals surface area contributed by atoms with E-state index in [4.69, 9.17) is 28.9 Å². The minimum absolute atomic E-state index is 0.192. The van der Waals surface area contributed by atoms with Crippen molar-refractivity contribution in [1.82, 2.24) is 4.90 Å². The number of amides is 1. The summed E-state index contributed by atoms with van der Waals surface area (Å²) < 4.78 is 28.0. The van der Waals surface area contributed by atoms with Gasteiger partial charge in [0, 0.05) is 28.8 Å². The van der Waals surface area contributed by atoms with Gasteiger partial charge in [-0.25, -0.2) is 8.42 Å². The fourth-order valence-electron chi connectivity index (χ4n) is 3.79. The number of sulfonamides is 1. The lowest BCUT2D eigenvalue weighted by Crippen LogP contribution is -2.42. The highest BCUT2D eigenvalue weighted by Crippen LogP contribution is 2.28. The first-order valence-electron chi connectivity index (χ1n) is 10.3. The van der Waals surface area contributed by atoms with Crippen molar-refractivity contribution in [2.75, 3.05) is 4.72 Å². The quantitative estimate of drug-likeness (QED) is 0.517. The van der Waals surface area contributed by atoms with Crippen molar-refractivity contribution in [1.29, 1.82) is 0 Å². The second-order valence-corrected chi connectivity index (χ2v) is 10.7. The molecule has 3 N–H and O–H groups in total. The standard InChI is InChI=1S/C24H23Cl2N3O3S/c1-15-2-8-21(9-3-15)33(31,32)28-20-7-5-17-13-29(14-18(17)10-20)24(30)23(27)11-16-4-6-19(25)12-22(16)26/h2-10,12,23,28H,11,13-14,27H2,1H3/t23-/m1/s1. The van der Waals surface area contributed by atoms with Crippen LogP contribution in [-0.4, -0.2) is 25.3 Å². The average Bonchev–Trinajstić information content (AvgIpc) is 3.18. The van der Waals surface area contributed by atoms with Crippen LogP contribution in [0.3, 0.4) is 0 Å². The zero-order valence-electron chi connectivity index (χ0n) is 17.9. The Kier molecular flexibility index (Phi) is 6.68. The van der Waals surface area contributed by atoms with Crippen molar-refractivity contribution < 1.29 is 13.2 Å². The van der Waals surface area contributed by atoms with Gasteiger partial charge in [-0.1, -0.05) is 53.0 Å². The molecule has 0 radical (unpaired) electrons. The normalized spacial score (nSPS) is 14.1. The van der Waals surface area contributed by atoms with Gasteiger partial charge in [0.25, 0.3) is 10.0 Å². The van der Waals surface area contributed by atoms with Crippen molar-refractivity contribution in [2.45, 2.75) is 37.4 Å². The molecular formula is C24H23Cl2N3O3S. The molecule has 33 heavy (non-hydrogen) atoms. The first-order chi connectivity index (χ1) is 15.6. The maximum Gasteiger partial charge on any atom is 0.261 e. The van der Waals surface area contributed by atoms with E-state index in [1.807, 2.05) is 13.0 Å². The molecule has 1 amide bonds. The van der Waals surface area contributed by atoms with Crippen molar-refractivity contribution >= 4 is 44.8 Å². The third kappa shape index (κ3) is 5.33. The molecule has 6 nitrogen and oxygen atoms in total. The number of hydrogen-bond acceptors (Lipinski definition) is 4. The van der Waals surface area contributed by atoms with E-state index in [-0.39, 0.29) is 10.8 Å². The Labute approximate surface area is 203 Å². The van der Waals surface area contributed by atoms with E-state index < -0.39 is 16.1 Å². The number of carbonyl (C=O) groups is 1. The number of carbonyl (C=O) groups excluding carboxylic acids is 1. The van der Waals surface area contributed by atoms with E-state index in [1.54, 1.807) is 59.5 Å². The van der Waals surface area contributed by atoms with E-state index in [0.29, 0.717) is 35.2 Å². The Hall–Kier alpha value is -2.58. The molecule has 1 aliphatic heterocycles. The molecule has 1 heterocycles. The average molecular weight is 504 g/mol. The minimum Gasteiger partial charge on any atom is -0.333 e. The molecule has 0 aromatic heterocycles. The van der Waals surface area contributed by atoms with E-state index in [0.717, 1.165) is 22.3 Å². The highest BCUT2D eigenvalue weighted by Gasteiger charge is 2.28. The van der Waals surface area contributed by atoms with Gasteiger partial charge in [-0.15, -0.1) is 0 Å². The molecule has 3 aromatic carbocycles. The first-order valence-corrected chi connectivity index (χ1v) is 12.6. The summed E-state index contributed by atoms with van der Waals surface area (Å²) >= 11 is 12.1. The second kappa shape index (κ2) is 9.35. The summed E-state index contributed by atoms with van der Waals surface area (Å²) in [7, 11) is -3.71. The Morgan fingerprint density at radius 2 is 1.73 bits per heavy atom. The van der Waals surface area contributed by atoms with Crippen LogP contribution in [-0.2, 0) is 34.3 Å². The van der Waals surface area contributed by atoms with Crippen molar-refractivity contribution in [3.63, 3.8) is 0 Å².